The van der Waals surface area contributed by atoms with Crippen molar-refractivity contribution in [3.63, 3.8) is 0 Å². The highest BCUT2D eigenvalue weighted by molar-refractivity contribution is 7.92. The van der Waals surface area contributed by atoms with Crippen molar-refractivity contribution in [2.45, 2.75) is 75.9 Å². The van der Waals surface area contributed by atoms with Crippen LogP contribution in [0.4, 0.5) is 10.1 Å². The Morgan fingerprint density at radius 3 is 2.17 bits per heavy atom. The number of carbonyl (C=O) groups excluding carboxylic acids is 2. The molecule has 3 aromatic carbocycles. The van der Waals surface area contributed by atoms with Gasteiger partial charge in [0.05, 0.1) is 10.6 Å². The minimum Gasteiger partial charge on any atom is -0.352 e. The summed E-state index contributed by atoms with van der Waals surface area (Å²) in [6.07, 6.45) is 5.29. The number of anilines is 1. The summed E-state index contributed by atoms with van der Waals surface area (Å²) in [7, 11) is -4.19. The highest BCUT2D eigenvalue weighted by Gasteiger charge is 2.34. The van der Waals surface area contributed by atoms with Crippen LogP contribution in [-0.2, 0) is 26.2 Å². The fourth-order valence-corrected chi connectivity index (χ4v) is 6.76. The van der Waals surface area contributed by atoms with Crippen LogP contribution in [0.3, 0.4) is 0 Å². The first-order valence-electron chi connectivity index (χ1n) is 14.3. The van der Waals surface area contributed by atoms with Gasteiger partial charge in [0.15, 0.2) is 0 Å². The van der Waals surface area contributed by atoms with Gasteiger partial charge >= 0.3 is 0 Å². The molecule has 2 amide bonds. The monoisotopic (exact) mass is 613 g/mol. The van der Waals surface area contributed by atoms with Gasteiger partial charge in [-0.25, -0.2) is 12.8 Å². The van der Waals surface area contributed by atoms with Gasteiger partial charge in [0, 0.05) is 17.6 Å². The molecule has 7 nitrogen and oxygen atoms in total. The number of hydrogen-bond donors (Lipinski definition) is 1. The summed E-state index contributed by atoms with van der Waals surface area (Å²) in [6, 6.07) is 17.5. The van der Waals surface area contributed by atoms with E-state index in [-0.39, 0.29) is 23.4 Å². The molecule has 10 heteroatoms. The maximum Gasteiger partial charge on any atom is 0.264 e. The molecule has 3 aromatic rings. The Morgan fingerprint density at radius 1 is 0.952 bits per heavy atom. The number of nitrogens with one attached hydrogen (secondary N) is 1. The standard InChI is InChI=1S/C32H37ClFN3O4S/c1-3-30(32(39)35-27-7-5-4-6-8-27)36(21-24-11-15-26(34)16-12-24)31(38)22-37(28-17-9-23(2)10-18-28)42(40,41)29-19-13-25(33)14-20-29/h9-20,27,30H,3-8,21-22H2,1-2H3,(H,35,39). The van der Waals surface area contributed by atoms with Crippen molar-refractivity contribution in [1.82, 2.24) is 10.2 Å². The van der Waals surface area contributed by atoms with Crippen molar-refractivity contribution >= 4 is 39.1 Å². The van der Waals surface area contributed by atoms with Crippen molar-refractivity contribution in [3.8, 4) is 0 Å². The van der Waals surface area contributed by atoms with Gasteiger partial charge in [0.1, 0.15) is 18.4 Å². The second-order valence-corrected chi connectivity index (χ2v) is 13.0. The third-order valence-corrected chi connectivity index (χ3v) is 9.65. The number of carbonyl (C=O) groups is 2. The van der Waals surface area contributed by atoms with Gasteiger partial charge in [0.25, 0.3) is 10.0 Å². The van der Waals surface area contributed by atoms with Gasteiger partial charge in [-0.05, 0) is 80.3 Å². The Morgan fingerprint density at radius 2 is 1.57 bits per heavy atom. The lowest BCUT2D eigenvalue weighted by Gasteiger charge is -2.34. The van der Waals surface area contributed by atoms with Crippen LogP contribution in [0.2, 0.25) is 5.02 Å². The average molecular weight is 614 g/mol. The van der Waals surface area contributed by atoms with Gasteiger partial charge in [-0.1, -0.05) is 67.6 Å². The van der Waals surface area contributed by atoms with E-state index in [1.165, 1.54) is 41.3 Å². The lowest BCUT2D eigenvalue weighted by molar-refractivity contribution is -0.140. The summed E-state index contributed by atoms with van der Waals surface area (Å²) in [4.78, 5) is 29.1. The zero-order valence-corrected chi connectivity index (χ0v) is 25.5. The first-order valence-corrected chi connectivity index (χ1v) is 16.1. The van der Waals surface area contributed by atoms with Crippen molar-refractivity contribution in [1.29, 1.82) is 0 Å². The highest BCUT2D eigenvalue weighted by atomic mass is 35.5. The number of aryl methyl sites for hydroxylation is 1. The molecule has 1 aliphatic rings. The van der Waals surface area contributed by atoms with Crippen LogP contribution in [0.25, 0.3) is 0 Å². The second-order valence-electron chi connectivity index (χ2n) is 10.7. The molecular formula is C32H37ClFN3O4S. The van der Waals surface area contributed by atoms with E-state index in [1.807, 2.05) is 13.8 Å². The van der Waals surface area contributed by atoms with Crippen LogP contribution in [0.1, 0.15) is 56.6 Å². The summed E-state index contributed by atoms with van der Waals surface area (Å²) < 4.78 is 42.6. The maximum atomic E-state index is 14.1. The molecule has 1 atom stereocenters. The minimum absolute atomic E-state index is 0.0123. The molecule has 1 N–H and O–H groups in total. The molecule has 0 saturated heterocycles. The predicted octanol–water partition coefficient (Wildman–Crippen LogP) is 6.24. The average Bonchev–Trinajstić information content (AvgIpc) is 2.98. The van der Waals surface area contributed by atoms with Crippen LogP contribution in [0, 0.1) is 12.7 Å². The maximum absolute atomic E-state index is 14.1. The van der Waals surface area contributed by atoms with E-state index in [1.54, 1.807) is 36.4 Å². The number of nitrogens with zero attached hydrogens (tertiary/aromatic N) is 2. The normalized spacial score (nSPS) is 14.7. The zero-order chi connectivity index (χ0) is 30.3. The molecule has 0 aliphatic heterocycles. The molecule has 0 bridgehead atoms. The summed E-state index contributed by atoms with van der Waals surface area (Å²) >= 11 is 6.01. The smallest absolute Gasteiger partial charge is 0.264 e. The molecular weight excluding hydrogens is 577 g/mol. The number of sulfonamides is 1. The fourth-order valence-electron chi connectivity index (χ4n) is 5.22. The Bertz CT molecular complexity index is 1460. The molecule has 0 spiro atoms. The molecule has 1 unspecified atom stereocenters. The SMILES string of the molecule is CCC(C(=O)NC1CCCCC1)N(Cc1ccc(F)cc1)C(=O)CN(c1ccc(C)cc1)S(=O)(=O)c1ccc(Cl)cc1. The predicted molar refractivity (Wildman–Crippen MR) is 163 cm³/mol. The minimum atomic E-state index is -4.19. The third kappa shape index (κ3) is 7.89. The zero-order valence-electron chi connectivity index (χ0n) is 23.9. The number of rotatable bonds is 11. The van der Waals surface area contributed by atoms with E-state index in [0.717, 1.165) is 42.0 Å². The van der Waals surface area contributed by atoms with E-state index in [4.69, 9.17) is 11.6 Å². The molecule has 0 aromatic heterocycles. The topological polar surface area (TPSA) is 86.8 Å². The molecule has 42 heavy (non-hydrogen) atoms. The van der Waals surface area contributed by atoms with Crippen molar-refractivity contribution in [2.75, 3.05) is 10.8 Å². The van der Waals surface area contributed by atoms with E-state index in [9.17, 15) is 22.4 Å². The lowest BCUT2D eigenvalue weighted by Crippen LogP contribution is -2.54. The lowest BCUT2D eigenvalue weighted by atomic mass is 9.95. The Hall–Kier alpha value is -3.43. The van der Waals surface area contributed by atoms with Gasteiger partial charge in [-0.3, -0.25) is 13.9 Å². The Labute approximate surface area is 252 Å². The van der Waals surface area contributed by atoms with E-state index < -0.39 is 34.3 Å². The fraction of sp³-hybridized carbons (Fsp3) is 0.375. The first-order chi connectivity index (χ1) is 20.1. The van der Waals surface area contributed by atoms with Gasteiger partial charge < -0.3 is 10.2 Å². The van der Waals surface area contributed by atoms with Crippen LogP contribution in [0.15, 0.2) is 77.7 Å². The van der Waals surface area contributed by atoms with Gasteiger partial charge in [0.2, 0.25) is 11.8 Å². The summed E-state index contributed by atoms with van der Waals surface area (Å²) in [5.74, 6) is -1.25. The molecule has 0 heterocycles. The first kappa shape index (κ1) is 31.5. The van der Waals surface area contributed by atoms with E-state index in [0.29, 0.717) is 22.7 Å². The molecule has 4 rings (SSSR count). The van der Waals surface area contributed by atoms with Crippen LogP contribution in [-0.4, -0.2) is 43.8 Å². The van der Waals surface area contributed by atoms with Crippen LogP contribution < -0.4 is 9.62 Å². The van der Waals surface area contributed by atoms with Crippen molar-refractivity contribution in [2.24, 2.45) is 0 Å². The largest absolute Gasteiger partial charge is 0.352 e. The molecule has 1 aliphatic carbocycles. The molecule has 1 saturated carbocycles. The van der Waals surface area contributed by atoms with Crippen molar-refractivity contribution < 1.29 is 22.4 Å². The Kier molecular flexibility index (Phi) is 10.6. The van der Waals surface area contributed by atoms with Gasteiger partial charge in [-0.15, -0.1) is 0 Å². The highest BCUT2D eigenvalue weighted by Crippen LogP contribution is 2.26. The number of benzene rings is 3. The number of amides is 2. The summed E-state index contributed by atoms with van der Waals surface area (Å²) in [6.45, 7) is 3.17. The Balaban J connectivity index is 1.69. The quantitative estimate of drug-likeness (QED) is 0.277. The summed E-state index contributed by atoms with van der Waals surface area (Å²) in [5.41, 5.74) is 1.86. The van der Waals surface area contributed by atoms with Crippen LogP contribution in [0.5, 0.6) is 0 Å². The van der Waals surface area contributed by atoms with Gasteiger partial charge in [-0.2, -0.15) is 0 Å². The number of halogens is 2. The molecule has 224 valence electrons. The van der Waals surface area contributed by atoms with E-state index in [2.05, 4.69) is 5.32 Å². The number of hydrogen-bond acceptors (Lipinski definition) is 4. The van der Waals surface area contributed by atoms with Crippen LogP contribution >= 0.6 is 11.6 Å². The van der Waals surface area contributed by atoms with Crippen molar-refractivity contribution in [3.05, 3.63) is 94.8 Å². The van der Waals surface area contributed by atoms with E-state index >= 15 is 0 Å². The molecule has 1 fully saturated rings. The molecule has 0 radical (unpaired) electrons. The third-order valence-electron chi connectivity index (χ3n) is 7.61. The summed E-state index contributed by atoms with van der Waals surface area (Å²) in [5, 5.41) is 3.50. The second kappa shape index (κ2) is 14.2.